The second-order valence-electron chi connectivity index (χ2n) is 5.21. The van der Waals surface area contributed by atoms with Crippen LogP contribution in [0.15, 0.2) is 30.3 Å². The van der Waals surface area contributed by atoms with E-state index in [2.05, 4.69) is 10.3 Å². The lowest BCUT2D eigenvalue weighted by Crippen LogP contribution is -2.34. The summed E-state index contributed by atoms with van der Waals surface area (Å²) in [4.78, 5) is 19.2. The zero-order valence-corrected chi connectivity index (χ0v) is 11.7. The van der Waals surface area contributed by atoms with Crippen LogP contribution in [0.2, 0.25) is 0 Å². The number of aromatic nitrogens is 1. The number of amides is 1. The van der Waals surface area contributed by atoms with E-state index in [0.29, 0.717) is 0 Å². The predicted octanol–water partition coefficient (Wildman–Crippen LogP) is 1.98. The predicted molar refractivity (Wildman–Crippen MR) is 79.9 cm³/mol. The van der Waals surface area contributed by atoms with Gasteiger partial charge >= 0.3 is 0 Å². The number of para-hydroxylation sites is 1. The van der Waals surface area contributed by atoms with Crippen LogP contribution >= 0.6 is 0 Å². The van der Waals surface area contributed by atoms with Gasteiger partial charge in [0.15, 0.2) is 0 Å². The molecule has 2 aromatic rings. The molecular weight excluding hydrogens is 250 g/mol. The SMILES string of the molecule is Cc1nc2ccccc2cc1C(=O)N1CCCNCC1. The fourth-order valence-electron chi connectivity index (χ4n) is 2.65. The summed E-state index contributed by atoms with van der Waals surface area (Å²) in [6.07, 6.45) is 1.01. The number of benzene rings is 1. The van der Waals surface area contributed by atoms with Gasteiger partial charge in [-0.2, -0.15) is 0 Å². The van der Waals surface area contributed by atoms with Gasteiger partial charge in [0.05, 0.1) is 16.8 Å². The van der Waals surface area contributed by atoms with E-state index in [1.807, 2.05) is 42.2 Å². The fraction of sp³-hybridized carbons (Fsp3) is 0.375. The Balaban J connectivity index is 1.95. The Morgan fingerprint density at radius 1 is 1.25 bits per heavy atom. The van der Waals surface area contributed by atoms with E-state index in [9.17, 15) is 4.79 Å². The van der Waals surface area contributed by atoms with Crippen LogP contribution < -0.4 is 5.32 Å². The van der Waals surface area contributed by atoms with E-state index >= 15 is 0 Å². The van der Waals surface area contributed by atoms with Gasteiger partial charge in [-0.05, 0) is 32.0 Å². The second-order valence-corrected chi connectivity index (χ2v) is 5.21. The number of pyridine rings is 1. The van der Waals surface area contributed by atoms with Gasteiger partial charge in [0.2, 0.25) is 0 Å². The maximum atomic E-state index is 12.7. The number of aryl methyl sites for hydroxylation is 1. The van der Waals surface area contributed by atoms with Crippen LogP contribution in [0.25, 0.3) is 10.9 Å². The van der Waals surface area contributed by atoms with Crippen LogP contribution in [0.5, 0.6) is 0 Å². The van der Waals surface area contributed by atoms with Crippen molar-refractivity contribution < 1.29 is 4.79 Å². The van der Waals surface area contributed by atoms with E-state index in [-0.39, 0.29) is 5.91 Å². The lowest BCUT2D eigenvalue weighted by Gasteiger charge is -2.21. The van der Waals surface area contributed by atoms with Crippen molar-refractivity contribution in [2.75, 3.05) is 26.2 Å². The molecule has 0 aliphatic carbocycles. The maximum absolute atomic E-state index is 12.7. The third-order valence-corrected chi connectivity index (χ3v) is 3.77. The molecule has 1 N–H and O–H groups in total. The Kier molecular flexibility index (Phi) is 3.65. The molecule has 3 rings (SSSR count). The molecule has 4 heteroatoms. The van der Waals surface area contributed by atoms with E-state index in [1.54, 1.807) is 0 Å². The van der Waals surface area contributed by atoms with Gasteiger partial charge in [-0.15, -0.1) is 0 Å². The molecule has 104 valence electrons. The number of carbonyl (C=O) groups excluding carboxylic acids is 1. The molecule has 1 aromatic carbocycles. The molecule has 1 amide bonds. The smallest absolute Gasteiger partial charge is 0.255 e. The van der Waals surface area contributed by atoms with E-state index < -0.39 is 0 Å². The van der Waals surface area contributed by atoms with Crippen molar-refractivity contribution in [3.05, 3.63) is 41.6 Å². The highest BCUT2D eigenvalue weighted by atomic mass is 16.2. The number of carbonyl (C=O) groups is 1. The van der Waals surface area contributed by atoms with Crippen LogP contribution in [-0.4, -0.2) is 42.0 Å². The lowest BCUT2D eigenvalue weighted by atomic mass is 10.1. The third-order valence-electron chi connectivity index (χ3n) is 3.77. The standard InChI is InChI=1S/C16H19N3O/c1-12-14(11-13-5-2-3-6-15(13)18-12)16(20)19-9-4-7-17-8-10-19/h2-3,5-6,11,17H,4,7-10H2,1H3. The summed E-state index contributed by atoms with van der Waals surface area (Å²) < 4.78 is 0. The van der Waals surface area contributed by atoms with Gasteiger partial charge < -0.3 is 10.2 Å². The minimum Gasteiger partial charge on any atom is -0.337 e. The van der Waals surface area contributed by atoms with Crippen molar-refractivity contribution in [2.45, 2.75) is 13.3 Å². The summed E-state index contributed by atoms with van der Waals surface area (Å²) in [7, 11) is 0. The Bertz CT molecular complexity index is 631. The first-order chi connectivity index (χ1) is 9.75. The van der Waals surface area contributed by atoms with Crippen LogP contribution in [0.4, 0.5) is 0 Å². The Hall–Kier alpha value is -1.94. The molecule has 4 nitrogen and oxygen atoms in total. The zero-order valence-electron chi connectivity index (χ0n) is 11.7. The Labute approximate surface area is 118 Å². The first-order valence-corrected chi connectivity index (χ1v) is 7.12. The Morgan fingerprint density at radius 2 is 2.10 bits per heavy atom. The maximum Gasteiger partial charge on any atom is 0.255 e. The minimum absolute atomic E-state index is 0.101. The quantitative estimate of drug-likeness (QED) is 0.861. The number of hydrogen-bond donors (Lipinski definition) is 1. The van der Waals surface area contributed by atoms with Crippen molar-refractivity contribution in [2.24, 2.45) is 0 Å². The average Bonchev–Trinajstić information content (AvgIpc) is 2.75. The molecule has 0 bridgehead atoms. The van der Waals surface area contributed by atoms with Crippen molar-refractivity contribution in [1.82, 2.24) is 15.2 Å². The molecule has 1 fully saturated rings. The molecule has 1 aliphatic rings. The van der Waals surface area contributed by atoms with Gasteiger partial charge in [-0.1, -0.05) is 18.2 Å². The highest BCUT2D eigenvalue weighted by molar-refractivity contribution is 5.98. The van der Waals surface area contributed by atoms with Crippen LogP contribution in [0.1, 0.15) is 22.5 Å². The zero-order chi connectivity index (χ0) is 13.9. The summed E-state index contributed by atoms with van der Waals surface area (Å²) in [6.45, 7) is 5.35. The summed E-state index contributed by atoms with van der Waals surface area (Å²) in [5.74, 6) is 0.101. The summed E-state index contributed by atoms with van der Waals surface area (Å²) in [6, 6.07) is 9.90. The molecule has 1 aliphatic heterocycles. The van der Waals surface area contributed by atoms with Crippen molar-refractivity contribution >= 4 is 16.8 Å². The number of nitrogens with one attached hydrogen (secondary N) is 1. The molecule has 1 saturated heterocycles. The fourth-order valence-corrected chi connectivity index (χ4v) is 2.65. The molecule has 1 aromatic heterocycles. The largest absolute Gasteiger partial charge is 0.337 e. The molecule has 0 saturated carbocycles. The van der Waals surface area contributed by atoms with Gasteiger partial charge in [0, 0.05) is 25.0 Å². The highest BCUT2D eigenvalue weighted by Crippen LogP contribution is 2.18. The highest BCUT2D eigenvalue weighted by Gasteiger charge is 2.19. The first kappa shape index (κ1) is 13.1. The van der Waals surface area contributed by atoms with Crippen LogP contribution in [-0.2, 0) is 0 Å². The lowest BCUT2D eigenvalue weighted by molar-refractivity contribution is 0.0765. The van der Waals surface area contributed by atoms with E-state index in [1.165, 1.54) is 0 Å². The number of hydrogen-bond acceptors (Lipinski definition) is 3. The van der Waals surface area contributed by atoms with E-state index in [0.717, 1.165) is 54.8 Å². The summed E-state index contributed by atoms with van der Waals surface area (Å²) >= 11 is 0. The van der Waals surface area contributed by atoms with Crippen molar-refractivity contribution in [3.63, 3.8) is 0 Å². The van der Waals surface area contributed by atoms with Crippen LogP contribution in [0.3, 0.4) is 0 Å². The molecule has 0 spiro atoms. The molecule has 0 radical (unpaired) electrons. The van der Waals surface area contributed by atoms with Gasteiger partial charge in [0.1, 0.15) is 0 Å². The van der Waals surface area contributed by atoms with Gasteiger partial charge in [0.25, 0.3) is 5.91 Å². The van der Waals surface area contributed by atoms with Crippen molar-refractivity contribution in [1.29, 1.82) is 0 Å². The summed E-state index contributed by atoms with van der Waals surface area (Å²) in [5.41, 5.74) is 2.48. The second kappa shape index (κ2) is 5.59. The average molecular weight is 269 g/mol. The normalized spacial score (nSPS) is 16.1. The number of nitrogens with zero attached hydrogens (tertiary/aromatic N) is 2. The van der Waals surface area contributed by atoms with Gasteiger partial charge in [-0.3, -0.25) is 9.78 Å². The van der Waals surface area contributed by atoms with Gasteiger partial charge in [-0.25, -0.2) is 0 Å². The third kappa shape index (κ3) is 2.51. The molecular formula is C16H19N3O. The molecule has 2 heterocycles. The molecule has 0 atom stereocenters. The minimum atomic E-state index is 0.101. The monoisotopic (exact) mass is 269 g/mol. The Morgan fingerprint density at radius 3 is 3.00 bits per heavy atom. The first-order valence-electron chi connectivity index (χ1n) is 7.12. The van der Waals surface area contributed by atoms with Crippen LogP contribution in [0, 0.1) is 6.92 Å². The molecule has 0 unspecified atom stereocenters. The molecule has 20 heavy (non-hydrogen) atoms. The van der Waals surface area contributed by atoms with E-state index in [4.69, 9.17) is 0 Å². The number of rotatable bonds is 1. The topological polar surface area (TPSA) is 45.2 Å². The summed E-state index contributed by atoms with van der Waals surface area (Å²) in [5, 5.41) is 4.34. The van der Waals surface area contributed by atoms with Crippen molar-refractivity contribution in [3.8, 4) is 0 Å². The number of fused-ring (bicyclic) bond motifs is 1.